The molecule has 2 aromatic heterocycles. The Balaban J connectivity index is 1.08. The van der Waals surface area contributed by atoms with Gasteiger partial charge < -0.3 is 0 Å². The second-order valence-corrected chi connectivity index (χ2v) is 13.3. The fourth-order valence-corrected chi connectivity index (χ4v) is 6.74. The van der Waals surface area contributed by atoms with Crippen molar-refractivity contribution >= 4 is 0 Å². The molecule has 0 N–H and O–H groups in total. The first-order chi connectivity index (χ1) is 27.7. The summed E-state index contributed by atoms with van der Waals surface area (Å²) in [5.74, 6) is 2.16. The molecule has 0 bridgehead atoms. The molecule has 0 amide bonds. The SMILES string of the molecule is N#Cc1ccccc1-c1nc(-c2ccccc2)nc(-c2ccc(-c3cccc(-c4nc(-c5ccccc5)cc(-c5cccc(-c6ccccc6)c5)n4)c3)cc2)n1. The van der Waals surface area contributed by atoms with E-state index in [1.54, 1.807) is 6.07 Å². The summed E-state index contributed by atoms with van der Waals surface area (Å²) in [4.78, 5) is 24.8. The lowest BCUT2D eigenvalue weighted by atomic mass is 9.99. The van der Waals surface area contributed by atoms with Crippen LogP contribution < -0.4 is 0 Å². The first-order valence-corrected chi connectivity index (χ1v) is 18.3. The first-order valence-electron chi connectivity index (χ1n) is 18.3. The normalized spacial score (nSPS) is 10.8. The molecule has 262 valence electrons. The number of hydrogen-bond acceptors (Lipinski definition) is 6. The maximum absolute atomic E-state index is 9.84. The average Bonchev–Trinajstić information content (AvgIpc) is 3.29. The Morgan fingerprint density at radius 3 is 1.34 bits per heavy atom. The highest BCUT2D eigenvalue weighted by atomic mass is 15.0. The van der Waals surface area contributed by atoms with Crippen LogP contribution in [-0.4, -0.2) is 24.9 Å². The molecule has 0 saturated heterocycles. The summed E-state index contributed by atoms with van der Waals surface area (Å²) in [6.45, 7) is 0. The smallest absolute Gasteiger partial charge is 0.165 e. The predicted octanol–water partition coefficient (Wildman–Crippen LogP) is 11.9. The molecule has 9 aromatic rings. The minimum Gasteiger partial charge on any atom is -0.228 e. The van der Waals surface area contributed by atoms with Gasteiger partial charge >= 0.3 is 0 Å². The Hall–Kier alpha value is -7.88. The molecule has 0 fully saturated rings. The van der Waals surface area contributed by atoms with Crippen molar-refractivity contribution in [3.63, 3.8) is 0 Å². The fraction of sp³-hybridized carbons (Fsp3) is 0. The van der Waals surface area contributed by atoms with Gasteiger partial charge in [-0.2, -0.15) is 5.26 Å². The van der Waals surface area contributed by atoms with Crippen LogP contribution in [0.5, 0.6) is 0 Å². The monoisotopic (exact) mass is 716 g/mol. The Morgan fingerprint density at radius 1 is 0.286 bits per heavy atom. The van der Waals surface area contributed by atoms with Crippen molar-refractivity contribution in [2.24, 2.45) is 0 Å². The van der Waals surface area contributed by atoms with Crippen molar-refractivity contribution in [2.75, 3.05) is 0 Å². The first kappa shape index (κ1) is 33.9. The van der Waals surface area contributed by atoms with Crippen molar-refractivity contribution in [2.45, 2.75) is 0 Å². The van der Waals surface area contributed by atoms with Crippen molar-refractivity contribution in [1.29, 1.82) is 5.26 Å². The van der Waals surface area contributed by atoms with Gasteiger partial charge in [-0.05, 0) is 52.6 Å². The molecular weight excluding hydrogens is 685 g/mol. The zero-order chi connectivity index (χ0) is 37.7. The summed E-state index contributed by atoms with van der Waals surface area (Å²) < 4.78 is 0. The predicted molar refractivity (Wildman–Crippen MR) is 224 cm³/mol. The number of benzene rings is 7. The van der Waals surface area contributed by atoms with Crippen LogP contribution >= 0.6 is 0 Å². The van der Waals surface area contributed by atoms with E-state index >= 15 is 0 Å². The van der Waals surface area contributed by atoms with Crippen LogP contribution in [0, 0.1) is 11.3 Å². The van der Waals surface area contributed by atoms with Crippen molar-refractivity contribution in [3.8, 4) is 96.4 Å². The van der Waals surface area contributed by atoms with Gasteiger partial charge in [0.25, 0.3) is 0 Å². The van der Waals surface area contributed by atoms with Gasteiger partial charge in [0.1, 0.15) is 0 Å². The van der Waals surface area contributed by atoms with Crippen LogP contribution in [0.25, 0.3) is 90.3 Å². The summed E-state index contributed by atoms with van der Waals surface area (Å²) in [7, 11) is 0. The molecule has 7 aromatic carbocycles. The highest BCUT2D eigenvalue weighted by molar-refractivity contribution is 5.78. The van der Waals surface area contributed by atoms with Crippen LogP contribution in [-0.2, 0) is 0 Å². The van der Waals surface area contributed by atoms with Crippen LogP contribution in [0.4, 0.5) is 0 Å². The van der Waals surface area contributed by atoms with Crippen molar-refractivity contribution < 1.29 is 0 Å². The minimum atomic E-state index is 0.451. The number of aromatic nitrogens is 5. The van der Waals surface area contributed by atoms with Crippen LogP contribution in [0.3, 0.4) is 0 Å². The summed E-state index contributed by atoms with van der Waals surface area (Å²) >= 11 is 0. The van der Waals surface area contributed by atoms with Gasteiger partial charge in [-0.1, -0.05) is 164 Å². The standard InChI is InChI=1S/C50H32N6/c51-33-43-20-10-11-25-44(43)50-55-47(37-18-8-3-9-19-37)54-48(56-50)38-28-26-35(27-29-38)40-22-13-24-42(31-40)49-52-45(36-16-6-2-7-17-36)32-46(53-49)41-23-12-21-39(30-41)34-14-4-1-5-15-34/h1-32H. The van der Waals surface area contributed by atoms with E-state index in [0.29, 0.717) is 34.4 Å². The van der Waals surface area contributed by atoms with E-state index < -0.39 is 0 Å². The summed E-state index contributed by atoms with van der Waals surface area (Å²) in [6.07, 6.45) is 0. The number of rotatable bonds is 8. The zero-order valence-electron chi connectivity index (χ0n) is 30.2. The van der Waals surface area contributed by atoms with Gasteiger partial charge in [0.2, 0.25) is 0 Å². The Morgan fingerprint density at radius 2 is 0.696 bits per heavy atom. The van der Waals surface area contributed by atoms with Gasteiger partial charge in [0, 0.05) is 33.4 Å². The largest absolute Gasteiger partial charge is 0.228 e. The molecular formula is C50H32N6. The second kappa shape index (κ2) is 15.2. The minimum absolute atomic E-state index is 0.451. The molecule has 0 aliphatic carbocycles. The van der Waals surface area contributed by atoms with Gasteiger partial charge in [-0.25, -0.2) is 24.9 Å². The Labute approximate surface area is 325 Å². The molecule has 0 atom stereocenters. The Bertz CT molecular complexity index is 2850. The van der Waals surface area contributed by atoms with E-state index in [0.717, 1.165) is 61.5 Å². The molecule has 0 spiro atoms. The van der Waals surface area contributed by atoms with Crippen molar-refractivity contribution in [3.05, 3.63) is 200 Å². The molecule has 6 nitrogen and oxygen atoms in total. The summed E-state index contributed by atoms with van der Waals surface area (Å²) in [5.41, 5.74) is 11.9. The van der Waals surface area contributed by atoms with Gasteiger partial charge in [-0.3, -0.25) is 0 Å². The van der Waals surface area contributed by atoms with Crippen LogP contribution in [0.2, 0.25) is 0 Å². The van der Waals surface area contributed by atoms with E-state index in [1.807, 2.05) is 91.0 Å². The van der Waals surface area contributed by atoms with E-state index in [4.69, 9.17) is 24.9 Å². The molecule has 0 aliphatic rings. The highest BCUT2D eigenvalue weighted by Gasteiger charge is 2.16. The topological polar surface area (TPSA) is 88.2 Å². The number of nitrogens with zero attached hydrogens (tertiary/aromatic N) is 6. The number of hydrogen-bond donors (Lipinski definition) is 0. The van der Waals surface area contributed by atoms with Gasteiger partial charge in [-0.15, -0.1) is 0 Å². The fourth-order valence-electron chi connectivity index (χ4n) is 6.74. The molecule has 2 heterocycles. The van der Waals surface area contributed by atoms with E-state index in [9.17, 15) is 5.26 Å². The molecule has 0 saturated carbocycles. The average molecular weight is 717 g/mol. The lowest BCUT2D eigenvalue weighted by molar-refractivity contribution is 1.07. The van der Waals surface area contributed by atoms with Crippen molar-refractivity contribution in [1.82, 2.24) is 24.9 Å². The quantitative estimate of drug-likeness (QED) is 0.156. The van der Waals surface area contributed by atoms with Crippen LogP contribution in [0.15, 0.2) is 194 Å². The third-order valence-corrected chi connectivity index (χ3v) is 9.61. The third kappa shape index (κ3) is 7.08. The van der Waals surface area contributed by atoms with E-state index in [2.05, 4.69) is 103 Å². The molecule has 0 unspecified atom stereocenters. The Kier molecular flexibility index (Phi) is 9.23. The maximum Gasteiger partial charge on any atom is 0.165 e. The molecule has 0 radical (unpaired) electrons. The number of nitriles is 1. The van der Waals surface area contributed by atoms with Crippen LogP contribution in [0.1, 0.15) is 5.56 Å². The third-order valence-electron chi connectivity index (χ3n) is 9.61. The maximum atomic E-state index is 9.84. The summed E-state index contributed by atoms with van der Waals surface area (Å²) in [6, 6.07) is 67.2. The molecule has 56 heavy (non-hydrogen) atoms. The molecule has 6 heteroatoms. The van der Waals surface area contributed by atoms with E-state index in [-0.39, 0.29) is 0 Å². The molecule has 9 rings (SSSR count). The van der Waals surface area contributed by atoms with E-state index in [1.165, 1.54) is 0 Å². The summed E-state index contributed by atoms with van der Waals surface area (Å²) in [5, 5.41) is 9.84. The lowest BCUT2D eigenvalue weighted by Gasteiger charge is -2.12. The van der Waals surface area contributed by atoms with Gasteiger partial charge in [0.15, 0.2) is 23.3 Å². The van der Waals surface area contributed by atoms with Gasteiger partial charge in [0.05, 0.1) is 23.0 Å². The zero-order valence-corrected chi connectivity index (χ0v) is 30.2. The second-order valence-electron chi connectivity index (χ2n) is 13.3. The molecule has 0 aliphatic heterocycles. The lowest BCUT2D eigenvalue weighted by Crippen LogP contribution is -2.01. The highest BCUT2D eigenvalue weighted by Crippen LogP contribution is 2.33.